The molecule has 0 aromatic carbocycles. The molecular formula is C77H138O17P2. The molecule has 17 nitrogen and oxygen atoms in total. The van der Waals surface area contributed by atoms with E-state index in [1.54, 1.807) is 0 Å². The van der Waals surface area contributed by atoms with Crippen LogP contribution in [-0.4, -0.2) is 96.7 Å². The van der Waals surface area contributed by atoms with E-state index < -0.39 is 97.5 Å². The molecule has 5 atom stereocenters. The van der Waals surface area contributed by atoms with E-state index in [2.05, 4.69) is 101 Å². The van der Waals surface area contributed by atoms with Gasteiger partial charge in [0.15, 0.2) is 12.2 Å². The average Bonchev–Trinajstić information content (AvgIpc) is 1.19. The van der Waals surface area contributed by atoms with Gasteiger partial charge >= 0.3 is 39.5 Å². The van der Waals surface area contributed by atoms with Crippen LogP contribution in [0.5, 0.6) is 0 Å². The zero-order valence-corrected chi connectivity index (χ0v) is 62.6. The molecule has 0 spiro atoms. The average molecular weight is 1400 g/mol. The van der Waals surface area contributed by atoms with Crippen LogP contribution in [-0.2, 0) is 65.4 Å². The zero-order valence-electron chi connectivity index (χ0n) is 60.8. The van der Waals surface area contributed by atoms with E-state index in [1.165, 1.54) is 96.3 Å². The Morgan fingerprint density at radius 3 is 0.865 bits per heavy atom. The Morgan fingerprint density at radius 1 is 0.302 bits per heavy atom. The number of phosphoric acid groups is 2. The molecule has 0 amide bonds. The summed E-state index contributed by atoms with van der Waals surface area (Å²) in [6.45, 7) is 4.78. The van der Waals surface area contributed by atoms with Crippen molar-refractivity contribution >= 4 is 39.5 Å². The van der Waals surface area contributed by atoms with Gasteiger partial charge in [-0.15, -0.1) is 0 Å². The second-order valence-electron chi connectivity index (χ2n) is 25.6. The van der Waals surface area contributed by atoms with Crippen LogP contribution in [0.4, 0.5) is 0 Å². The van der Waals surface area contributed by atoms with Gasteiger partial charge in [0.05, 0.1) is 26.4 Å². The molecular weight excluding hydrogens is 1260 g/mol. The minimum Gasteiger partial charge on any atom is -0.462 e. The zero-order chi connectivity index (χ0) is 70.4. The molecule has 558 valence electrons. The Balaban J connectivity index is 5.36. The molecule has 0 saturated heterocycles. The second kappa shape index (κ2) is 70.0. The van der Waals surface area contributed by atoms with Gasteiger partial charge < -0.3 is 33.8 Å². The van der Waals surface area contributed by atoms with Crippen molar-refractivity contribution in [1.29, 1.82) is 0 Å². The van der Waals surface area contributed by atoms with Crippen molar-refractivity contribution < 1.29 is 80.2 Å². The minimum absolute atomic E-state index is 0.0779. The molecule has 2 unspecified atom stereocenters. The van der Waals surface area contributed by atoms with Crippen molar-refractivity contribution in [2.45, 2.75) is 354 Å². The van der Waals surface area contributed by atoms with Crippen molar-refractivity contribution in [2.24, 2.45) is 0 Å². The molecule has 3 N–H and O–H groups in total. The van der Waals surface area contributed by atoms with Gasteiger partial charge in [-0.05, 0) is 135 Å². The molecule has 0 heterocycles. The fourth-order valence-corrected chi connectivity index (χ4v) is 11.8. The predicted molar refractivity (Wildman–Crippen MR) is 390 cm³/mol. The molecule has 0 aromatic heterocycles. The molecule has 0 aromatic rings. The topological polar surface area (TPSA) is 237 Å². The van der Waals surface area contributed by atoms with Crippen molar-refractivity contribution in [3.05, 3.63) is 72.9 Å². The molecule has 0 radical (unpaired) electrons. The third-order valence-electron chi connectivity index (χ3n) is 16.1. The van der Waals surface area contributed by atoms with Gasteiger partial charge in [-0.1, -0.05) is 248 Å². The standard InChI is InChI=1S/C77H138O17P2/c1-5-9-13-17-21-25-29-33-35-39-43-47-51-55-59-63-76(81)93-72(67-87-74(79)61-57-53-49-45-41-37-31-27-23-19-15-11-7-3)69-91-95(83,84)89-65-71(78)66-90-96(85,86)92-70-73(68-88-75(80)62-58-54-50-46-42-38-32-28-24-20-16-12-8-4)94-77(82)64-60-56-52-48-44-40-36-34-30-26-22-18-14-10-6-2/h21,25-28,30-36,71-73,78H,5-20,22-24,29,37-70H2,1-4H3,(H,83,84)(H,85,86)/b25-21-,30-26-,31-27-,32-28-,35-33-,36-34-/t71-,72+,73+/m0/s1. The van der Waals surface area contributed by atoms with E-state index in [0.29, 0.717) is 25.7 Å². The first-order valence-electron chi connectivity index (χ1n) is 38.2. The Bertz CT molecular complexity index is 2110. The number of phosphoric ester groups is 2. The SMILES string of the molecule is CCCCC/C=C\C/C=C\CCCCCCCC(=O)O[C@H](COC(=O)CCCCCCC/C=C\CCCCCC)COP(=O)(O)OC[C@H](O)COP(=O)(O)OC[C@@H](COC(=O)CCCCCCC/C=C\CCCCCC)OC(=O)CCCCCCC/C=C\C=C/CCCCCC. The molecule has 0 fully saturated rings. The molecule has 0 aliphatic heterocycles. The van der Waals surface area contributed by atoms with E-state index in [-0.39, 0.29) is 25.7 Å². The highest BCUT2D eigenvalue weighted by Gasteiger charge is 2.30. The molecule has 0 aliphatic rings. The number of rotatable bonds is 72. The van der Waals surface area contributed by atoms with Crippen LogP contribution in [0.3, 0.4) is 0 Å². The summed E-state index contributed by atoms with van der Waals surface area (Å²) < 4.78 is 68.4. The summed E-state index contributed by atoms with van der Waals surface area (Å²) in [6.07, 6.45) is 68.8. The molecule has 0 saturated carbocycles. The fourth-order valence-electron chi connectivity index (χ4n) is 10.2. The number of ether oxygens (including phenoxy) is 4. The Kier molecular flexibility index (Phi) is 67.4. The maximum absolute atomic E-state index is 13.1. The first kappa shape index (κ1) is 92.5. The van der Waals surface area contributed by atoms with Gasteiger partial charge in [-0.3, -0.25) is 37.3 Å². The Morgan fingerprint density at radius 2 is 0.542 bits per heavy atom. The minimum atomic E-state index is -4.97. The summed E-state index contributed by atoms with van der Waals surface area (Å²) in [5, 5.41) is 10.6. The van der Waals surface area contributed by atoms with Crippen molar-refractivity contribution in [3.8, 4) is 0 Å². The Hall–Kier alpha value is -3.50. The number of carbonyl (C=O) groups is 4. The molecule has 0 aliphatic carbocycles. The summed E-state index contributed by atoms with van der Waals surface area (Å²) in [5.74, 6) is -2.21. The molecule has 0 bridgehead atoms. The highest BCUT2D eigenvalue weighted by molar-refractivity contribution is 7.47. The van der Waals surface area contributed by atoms with E-state index >= 15 is 0 Å². The molecule has 0 rings (SSSR count). The van der Waals surface area contributed by atoms with Crippen LogP contribution in [0.1, 0.15) is 336 Å². The van der Waals surface area contributed by atoms with Gasteiger partial charge in [0, 0.05) is 25.7 Å². The highest BCUT2D eigenvalue weighted by Crippen LogP contribution is 2.45. The maximum Gasteiger partial charge on any atom is 0.472 e. The van der Waals surface area contributed by atoms with Crippen LogP contribution >= 0.6 is 15.6 Å². The maximum atomic E-state index is 13.1. The smallest absolute Gasteiger partial charge is 0.462 e. The fraction of sp³-hybridized carbons (Fsp3) is 0.792. The number of aliphatic hydroxyl groups is 1. The largest absolute Gasteiger partial charge is 0.472 e. The molecule has 19 heteroatoms. The highest BCUT2D eigenvalue weighted by atomic mass is 31.2. The number of unbranched alkanes of at least 4 members (excludes halogenated alkanes) is 35. The summed E-state index contributed by atoms with van der Waals surface area (Å²) in [5.41, 5.74) is 0. The van der Waals surface area contributed by atoms with Crippen LogP contribution < -0.4 is 0 Å². The predicted octanol–water partition coefficient (Wildman–Crippen LogP) is 21.7. The number of aliphatic hydroxyl groups excluding tert-OH is 1. The third-order valence-corrected chi connectivity index (χ3v) is 18.0. The van der Waals surface area contributed by atoms with Gasteiger partial charge in [-0.2, -0.15) is 0 Å². The lowest BCUT2D eigenvalue weighted by atomic mass is 10.1. The summed E-state index contributed by atoms with van der Waals surface area (Å²) >= 11 is 0. The van der Waals surface area contributed by atoms with E-state index in [4.69, 9.17) is 37.0 Å². The van der Waals surface area contributed by atoms with E-state index in [9.17, 15) is 43.2 Å². The summed E-state index contributed by atoms with van der Waals surface area (Å²) in [7, 11) is -9.95. The normalized spacial score (nSPS) is 14.4. The number of allylic oxidation sites excluding steroid dienone is 12. The van der Waals surface area contributed by atoms with Crippen LogP contribution in [0.25, 0.3) is 0 Å². The van der Waals surface area contributed by atoms with Crippen molar-refractivity contribution in [3.63, 3.8) is 0 Å². The number of hydrogen-bond acceptors (Lipinski definition) is 15. The van der Waals surface area contributed by atoms with Gasteiger partial charge in [0.1, 0.15) is 19.3 Å². The van der Waals surface area contributed by atoms with Crippen LogP contribution in [0, 0.1) is 0 Å². The first-order valence-corrected chi connectivity index (χ1v) is 41.2. The van der Waals surface area contributed by atoms with E-state index in [0.717, 1.165) is 161 Å². The quantitative estimate of drug-likeness (QED) is 0.0128. The summed E-state index contributed by atoms with van der Waals surface area (Å²) in [4.78, 5) is 72.8. The number of hydrogen-bond donors (Lipinski definition) is 3. The first-order chi connectivity index (χ1) is 46.7. The lowest BCUT2D eigenvalue weighted by Crippen LogP contribution is -2.30. The number of carbonyl (C=O) groups excluding carboxylic acids is 4. The van der Waals surface area contributed by atoms with Crippen molar-refractivity contribution in [1.82, 2.24) is 0 Å². The Labute approximate surface area is 583 Å². The van der Waals surface area contributed by atoms with Gasteiger partial charge in [-0.25, -0.2) is 9.13 Å². The third kappa shape index (κ3) is 69.0. The summed E-state index contributed by atoms with van der Waals surface area (Å²) in [6, 6.07) is 0. The monoisotopic (exact) mass is 1400 g/mol. The van der Waals surface area contributed by atoms with Gasteiger partial charge in [0.25, 0.3) is 0 Å². The van der Waals surface area contributed by atoms with Gasteiger partial charge in [0.2, 0.25) is 0 Å². The van der Waals surface area contributed by atoms with Crippen molar-refractivity contribution in [2.75, 3.05) is 39.6 Å². The van der Waals surface area contributed by atoms with E-state index in [1.807, 2.05) is 0 Å². The lowest BCUT2D eigenvalue weighted by Gasteiger charge is -2.21. The lowest BCUT2D eigenvalue weighted by molar-refractivity contribution is -0.161. The number of esters is 4. The second-order valence-corrected chi connectivity index (χ2v) is 28.5. The van der Waals surface area contributed by atoms with Crippen LogP contribution in [0.15, 0.2) is 72.9 Å². The molecule has 96 heavy (non-hydrogen) atoms. The van der Waals surface area contributed by atoms with Crippen LogP contribution in [0.2, 0.25) is 0 Å².